The Bertz CT molecular complexity index is 984. The quantitative estimate of drug-likeness (QED) is 0.783. The van der Waals surface area contributed by atoms with Crippen molar-refractivity contribution < 1.29 is 13.9 Å². The first kappa shape index (κ1) is 16.2. The fraction of sp³-hybridized carbons (Fsp3) is 0.222. The molecule has 3 heterocycles. The molecule has 1 atom stereocenters. The van der Waals surface area contributed by atoms with E-state index in [1.54, 1.807) is 30.3 Å². The molecule has 0 aliphatic carbocycles. The average molecular weight is 353 g/mol. The molecule has 1 aliphatic rings. The third kappa shape index (κ3) is 2.59. The van der Waals surface area contributed by atoms with Gasteiger partial charge in [-0.3, -0.25) is 4.79 Å². The van der Waals surface area contributed by atoms with Crippen LogP contribution in [0.4, 0.5) is 10.2 Å². The Morgan fingerprint density at radius 1 is 1.23 bits per heavy atom. The van der Waals surface area contributed by atoms with Crippen LogP contribution < -0.4 is 10.1 Å². The van der Waals surface area contributed by atoms with Crippen LogP contribution in [0.3, 0.4) is 0 Å². The molecular weight excluding hydrogens is 337 g/mol. The standard InChI is InChI=1S/C18H16FN5O2/c1-10-17-12(11-5-3-4-6-13(11)19)9-15(25)20-18(17)24(23-10)14-7-8-16(26-2)22-21-14/h3-8,12H,9H2,1-2H3,(H,20,25). The van der Waals surface area contributed by atoms with Crippen molar-refractivity contribution in [2.24, 2.45) is 0 Å². The summed E-state index contributed by atoms with van der Waals surface area (Å²) < 4.78 is 20.9. The first-order chi connectivity index (χ1) is 12.6. The molecule has 0 fully saturated rings. The van der Waals surface area contributed by atoms with Gasteiger partial charge in [0.2, 0.25) is 11.8 Å². The second-order valence-corrected chi connectivity index (χ2v) is 6.02. The van der Waals surface area contributed by atoms with Gasteiger partial charge in [0, 0.05) is 24.0 Å². The number of aromatic nitrogens is 4. The SMILES string of the molecule is COc1ccc(-n2nc(C)c3c2NC(=O)CC3c2ccccc2F)nn1. The number of ether oxygens (including phenoxy) is 1. The third-order valence-electron chi connectivity index (χ3n) is 4.44. The number of anilines is 1. The molecule has 1 aromatic carbocycles. The molecule has 26 heavy (non-hydrogen) atoms. The molecule has 132 valence electrons. The van der Waals surface area contributed by atoms with Crippen molar-refractivity contribution in [3.63, 3.8) is 0 Å². The Hall–Kier alpha value is -3.29. The number of carbonyl (C=O) groups is 1. The molecule has 1 aliphatic heterocycles. The number of hydrogen-bond acceptors (Lipinski definition) is 5. The predicted octanol–water partition coefficient (Wildman–Crippen LogP) is 2.59. The van der Waals surface area contributed by atoms with E-state index in [4.69, 9.17) is 4.74 Å². The Morgan fingerprint density at radius 3 is 2.73 bits per heavy atom. The summed E-state index contributed by atoms with van der Waals surface area (Å²) in [6, 6.07) is 9.84. The second-order valence-electron chi connectivity index (χ2n) is 6.02. The number of methoxy groups -OCH3 is 1. The molecule has 8 heteroatoms. The number of benzene rings is 1. The lowest BCUT2D eigenvalue weighted by Crippen LogP contribution is -2.25. The molecule has 0 saturated heterocycles. The number of fused-ring (bicyclic) bond motifs is 1. The zero-order valence-corrected chi connectivity index (χ0v) is 14.2. The van der Waals surface area contributed by atoms with Gasteiger partial charge in [-0.15, -0.1) is 10.2 Å². The van der Waals surface area contributed by atoms with Crippen LogP contribution in [0.25, 0.3) is 5.82 Å². The Balaban J connectivity index is 1.86. The average Bonchev–Trinajstić information content (AvgIpc) is 2.98. The lowest BCUT2D eigenvalue weighted by Gasteiger charge is -2.24. The molecule has 0 saturated carbocycles. The van der Waals surface area contributed by atoms with Gasteiger partial charge >= 0.3 is 0 Å². The van der Waals surface area contributed by atoms with Crippen molar-refractivity contribution in [3.05, 3.63) is 59.0 Å². The number of amides is 1. The van der Waals surface area contributed by atoms with Crippen molar-refractivity contribution in [1.29, 1.82) is 0 Å². The normalized spacial score (nSPS) is 16.1. The summed E-state index contributed by atoms with van der Waals surface area (Å²) >= 11 is 0. The summed E-state index contributed by atoms with van der Waals surface area (Å²) in [5.41, 5.74) is 1.96. The molecule has 1 N–H and O–H groups in total. The van der Waals surface area contributed by atoms with Crippen LogP contribution in [0.2, 0.25) is 0 Å². The number of rotatable bonds is 3. The number of nitrogens with one attached hydrogen (secondary N) is 1. The molecule has 0 radical (unpaired) electrons. The van der Waals surface area contributed by atoms with Crippen molar-refractivity contribution in [3.8, 4) is 11.7 Å². The molecule has 0 bridgehead atoms. The topological polar surface area (TPSA) is 81.9 Å². The van der Waals surface area contributed by atoms with Gasteiger partial charge in [0.25, 0.3) is 0 Å². The van der Waals surface area contributed by atoms with Gasteiger partial charge in [-0.05, 0) is 24.6 Å². The van der Waals surface area contributed by atoms with E-state index in [0.717, 1.165) is 5.56 Å². The first-order valence-electron chi connectivity index (χ1n) is 8.10. The van der Waals surface area contributed by atoms with Gasteiger partial charge in [-0.2, -0.15) is 9.78 Å². The number of nitrogens with zero attached hydrogens (tertiary/aromatic N) is 4. The van der Waals surface area contributed by atoms with Gasteiger partial charge in [0.15, 0.2) is 5.82 Å². The highest BCUT2D eigenvalue weighted by molar-refractivity contribution is 5.95. The van der Waals surface area contributed by atoms with E-state index in [-0.39, 0.29) is 18.1 Å². The van der Waals surface area contributed by atoms with E-state index in [0.29, 0.717) is 28.8 Å². The van der Waals surface area contributed by atoms with Crippen LogP contribution in [0.5, 0.6) is 5.88 Å². The molecule has 2 aromatic heterocycles. The molecule has 1 unspecified atom stereocenters. The summed E-state index contributed by atoms with van der Waals surface area (Å²) in [5, 5.41) is 15.3. The van der Waals surface area contributed by atoms with Gasteiger partial charge in [-0.1, -0.05) is 18.2 Å². The molecule has 7 nitrogen and oxygen atoms in total. The Kier molecular flexibility index (Phi) is 3.87. The fourth-order valence-corrected chi connectivity index (χ4v) is 3.27. The molecule has 1 amide bonds. The zero-order chi connectivity index (χ0) is 18.3. The van der Waals surface area contributed by atoms with Gasteiger partial charge < -0.3 is 10.1 Å². The Labute approximate surface area is 148 Å². The minimum atomic E-state index is -0.403. The lowest BCUT2D eigenvalue weighted by molar-refractivity contribution is -0.116. The third-order valence-corrected chi connectivity index (χ3v) is 4.44. The fourth-order valence-electron chi connectivity index (χ4n) is 3.27. The smallest absolute Gasteiger partial charge is 0.233 e. The monoisotopic (exact) mass is 353 g/mol. The highest BCUT2D eigenvalue weighted by Gasteiger charge is 2.34. The van der Waals surface area contributed by atoms with Gasteiger partial charge in [0.1, 0.15) is 11.6 Å². The van der Waals surface area contributed by atoms with Crippen LogP contribution in [0, 0.1) is 12.7 Å². The predicted molar refractivity (Wildman–Crippen MR) is 91.9 cm³/mol. The first-order valence-corrected chi connectivity index (χ1v) is 8.10. The van der Waals surface area contributed by atoms with E-state index in [1.165, 1.54) is 17.9 Å². The summed E-state index contributed by atoms with van der Waals surface area (Å²) in [6.07, 6.45) is 0.161. The number of aryl methyl sites for hydroxylation is 1. The molecule has 3 aromatic rings. The van der Waals surface area contributed by atoms with Crippen LogP contribution in [0.1, 0.15) is 29.2 Å². The largest absolute Gasteiger partial charge is 0.480 e. The summed E-state index contributed by atoms with van der Waals surface area (Å²) in [5.74, 6) is 0.360. The Morgan fingerprint density at radius 2 is 2.04 bits per heavy atom. The second kappa shape index (κ2) is 6.21. The lowest BCUT2D eigenvalue weighted by atomic mass is 9.85. The van der Waals surface area contributed by atoms with E-state index >= 15 is 0 Å². The minimum absolute atomic E-state index is 0.161. The van der Waals surface area contributed by atoms with Crippen LogP contribution in [-0.2, 0) is 4.79 Å². The van der Waals surface area contributed by atoms with Crippen molar-refractivity contribution in [2.45, 2.75) is 19.3 Å². The maximum absolute atomic E-state index is 14.3. The zero-order valence-electron chi connectivity index (χ0n) is 14.2. The number of hydrogen-bond donors (Lipinski definition) is 1. The number of halogens is 1. The maximum Gasteiger partial charge on any atom is 0.233 e. The summed E-state index contributed by atoms with van der Waals surface area (Å²) in [4.78, 5) is 12.3. The molecular formula is C18H16FN5O2. The number of carbonyl (C=O) groups excluding carboxylic acids is 1. The van der Waals surface area contributed by atoms with E-state index in [2.05, 4.69) is 20.6 Å². The molecule has 0 spiro atoms. The highest BCUT2D eigenvalue weighted by atomic mass is 19.1. The highest BCUT2D eigenvalue weighted by Crippen LogP contribution is 2.40. The summed E-state index contributed by atoms with van der Waals surface area (Å²) in [6.45, 7) is 1.83. The van der Waals surface area contributed by atoms with E-state index in [1.807, 2.05) is 6.92 Å². The van der Waals surface area contributed by atoms with Gasteiger partial charge in [-0.25, -0.2) is 4.39 Å². The van der Waals surface area contributed by atoms with Crippen molar-refractivity contribution >= 4 is 11.7 Å². The van der Waals surface area contributed by atoms with Crippen LogP contribution in [-0.4, -0.2) is 33.0 Å². The van der Waals surface area contributed by atoms with Gasteiger partial charge in [0.05, 0.1) is 12.8 Å². The maximum atomic E-state index is 14.3. The minimum Gasteiger partial charge on any atom is -0.480 e. The van der Waals surface area contributed by atoms with Crippen LogP contribution in [0.15, 0.2) is 36.4 Å². The summed E-state index contributed by atoms with van der Waals surface area (Å²) in [7, 11) is 1.50. The van der Waals surface area contributed by atoms with Crippen LogP contribution >= 0.6 is 0 Å². The molecule has 4 rings (SSSR count). The van der Waals surface area contributed by atoms with E-state index < -0.39 is 5.92 Å². The van der Waals surface area contributed by atoms with E-state index in [9.17, 15) is 9.18 Å². The van der Waals surface area contributed by atoms with Crippen molar-refractivity contribution in [1.82, 2.24) is 20.0 Å². The van der Waals surface area contributed by atoms with Crippen molar-refractivity contribution in [2.75, 3.05) is 12.4 Å².